The molecule has 0 atom stereocenters. The van der Waals surface area contributed by atoms with Crippen LogP contribution in [0.15, 0.2) is 60.8 Å². The van der Waals surface area contributed by atoms with Crippen molar-refractivity contribution in [1.29, 1.82) is 5.26 Å². The van der Waals surface area contributed by atoms with Crippen molar-refractivity contribution in [2.45, 2.75) is 6.92 Å². The van der Waals surface area contributed by atoms with E-state index in [4.69, 9.17) is 10.00 Å². The van der Waals surface area contributed by atoms with Gasteiger partial charge in [0.25, 0.3) is 0 Å². The van der Waals surface area contributed by atoms with Crippen LogP contribution in [0.2, 0.25) is 0 Å². The predicted octanol–water partition coefficient (Wildman–Crippen LogP) is 4.23. The molecule has 0 spiro atoms. The number of hydrogen-bond donors (Lipinski definition) is 2. The maximum absolute atomic E-state index is 8.98. The van der Waals surface area contributed by atoms with Gasteiger partial charge in [0.1, 0.15) is 11.6 Å². The van der Waals surface area contributed by atoms with Gasteiger partial charge in [0.15, 0.2) is 0 Å². The summed E-state index contributed by atoms with van der Waals surface area (Å²) in [6.07, 6.45) is 1.66. The largest absolute Gasteiger partial charge is 0.492 e. The molecule has 3 aromatic rings. The molecule has 124 valence electrons. The van der Waals surface area contributed by atoms with Gasteiger partial charge < -0.3 is 15.4 Å². The smallest absolute Gasteiger partial charge is 0.229 e. The summed E-state index contributed by atoms with van der Waals surface area (Å²) >= 11 is 0. The zero-order chi connectivity index (χ0) is 17.5. The standard InChI is InChI=1S/C19H17N5O/c1-2-25-17-9-4-3-8-16(17)23-18-10-11-21-19(24-18)22-15-7-5-6-14(12-15)13-20/h3-12H,2H2,1H3,(H2,21,22,23,24). The second-order valence-corrected chi connectivity index (χ2v) is 5.14. The minimum atomic E-state index is 0.439. The molecule has 6 heteroatoms. The number of nitrogens with one attached hydrogen (secondary N) is 2. The van der Waals surface area contributed by atoms with Crippen LogP contribution in [-0.4, -0.2) is 16.6 Å². The second-order valence-electron chi connectivity index (χ2n) is 5.14. The number of nitrogens with zero attached hydrogens (tertiary/aromatic N) is 3. The minimum Gasteiger partial charge on any atom is -0.492 e. The van der Waals surface area contributed by atoms with E-state index in [0.717, 1.165) is 17.1 Å². The molecule has 2 N–H and O–H groups in total. The molecule has 1 heterocycles. The number of nitriles is 1. The quantitative estimate of drug-likeness (QED) is 0.703. The lowest BCUT2D eigenvalue weighted by atomic mass is 10.2. The van der Waals surface area contributed by atoms with Crippen LogP contribution >= 0.6 is 0 Å². The Hall–Kier alpha value is -3.59. The average Bonchev–Trinajstić information content (AvgIpc) is 2.64. The van der Waals surface area contributed by atoms with E-state index >= 15 is 0 Å². The van der Waals surface area contributed by atoms with Crippen LogP contribution in [0.25, 0.3) is 0 Å². The number of benzene rings is 2. The Labute approximate surface area is 146 Å². The summed E-state index contributed by atoms with van der Waals surface area (Å²) in [5.74, 6) is 1.84. The number of hydrogen-bond acceptors (Lipinski definition) is 6. The van der Waals surface area contributed by atoms with Gasteiger partial charge >= 0.3 is 0 Å². The van der Waals surface area contributed by atoms with Crippen molar-refractivity contribution in [3.05, 3.63) is 66.4 Å². The second kappa shape index (κ2) is 7.79. The Kier molecular flexibility index (Phi) is 5.07. The first-order valence-corrected chi connectivity index (χ1v) is 7.87. The maximum atomic E-state index is 8.98. The van der Waals surface area contributed by atoms with E-state index in [2.05, 4.69) is 26.7 Å². The molecule has 0 radical (unpaired) electrons. The lowest BCUT2D eigenvalue weighted by Crippen LogP contribution is -2.02. The number of aromatic nitrogens is 2. The van der Waals surface area contributed by atoms with E-state index in [1.807, 2.05) is 37.3 Å². The van der Waals surface area contributed by atoms with Gasteiger partial charge in [-0.3, -0.25) is 0 Å². The van der Waals surface area contributed by atoms with Gasteiger partial charge in [-0.1, -0.05) is 18.2 Å². The Morgan fingerprint density at radius 2 is 1.96 bits per heavy atom. The molecule has 0 fully saturated rings. The fourth-order valence-electron chi connectivity index (χ4n) is 2.27. The van der Waals surface area contributed by atoms with E-state index in [1.165, 1.54) is 0 Å². The summed E-state index contributed by atoms with van der Waals surface area (Å²) in [4.78, 5) is 8.66. The molecule has 0 saturated carbocycles. The maximum Gasteiger partial charge on any atom is 0.229 e. The van der Waals surface area contributed by atoms with Crippen LogP contribution < -0.4 is 15.4 Å². The highest BCUT2D eigenvalue weighted by Crippen LogP contribution is 2.27. The third-order valence-electron chi connectivity index (χ3n) is 3.35. The van der Waals surface area contributed by atoms with Crippen LogP contribution in [0, 0.1) is 11.3 Å². The fourth-order valence-corrected chi connectivity index (χ4v) is 2.27. The van der Waals surface area contributed by atoms with E-state index in [0.29, 0.717) is 23.9 Å². The number of ether oxygens (including phenoxy) is 1. The summed E-state index contributed by atoms with van der Waals surface area (Å²) in [5.41, 5.74) is 2.16. The van der Waals surface area contributed by atoms with E-state index in [1.54, 1.807) is 30.5 Å². The molecule has 2 aromatic carbocycles. The molecule has 0 saturated heterocycles. The molecule has 0 aliphatic heterocycles. The summed E-state index contributed by atoms with van der Waals surface area (Å²) in [6, 6.07) is 18.7. The molecule has 6 nitrogen and oxygen atoms in total. The number of rotatable bonds is 6. The molecular weight excluding hydrogens is 314 g/mol. The third kappa shape index (κ3) is 4.24. The van der Waals surface area contributed by atoms with Crippen LogP contribution in [-0.2, 0) is 0 Å². The first-order chi connectivity index (χ1) is 12.3. The first-order valence-electron chi connectivity index (χ1n) is 7.87. The molecule has 25 heavy (non-hydrogen) atoms. The van der Waals surface area contributed by atoms with Gasteiger partial charge in [-0.25, -0.2) is 4.98 Å². The van der Waals surface area contributed by atoms with Crippen molar-refractivity contribution in [2.24, 2.45) is 0 Å². The number of para-hydroxylation sites is 2. The molecule has 1 aromatic heterocycles. The van der Waals surface area contributed by atoms with Gasteiger partial charge in [0, 0.05) is 11.9 Å². The SMILES string of the molecule is CCOc1ccccc1Nc1ccnc(Nc2cccc(C#N)c2)n1. The predicted molar refractivity (Wildman–Crippen MR) is 97.4 cm³/mol. The van der Waals surface area contributed by atoms with E-state index < -0.39 is 0 Å². The Morgan fingerprint density at radius 1 is 1.08 bits per heavy atom. The monoisotopic (exact) mass is 331 g/mol. The fraction of sp³-hybridized carbons (Fsp3) is 0.105. The lowest BCUT2D eigenvalue weighted by Gasteiger charge is -2.12. The Balaban J connectivity index is 1.79. The highest BCUT2D eigenvalue weighted by molar-refractivity contribution is 5.65. The average molecular weight is 331 g/mol. The summed E-state index contributed by atoms with van der Waals surface area (Å²) in [5, 5.41) is 15.3. The van der Waals surface area contributed by atoms with Crippen molar-refractivity contribution in [1.82, 2.24) is 9.97 Å². The van der Waals surface area contributed by atoms with Crippen molar-refractivity contribution in [3.8, 4) is 11.8 Å². The molecule has 0 unspecified atom stereocenters. The Bertz CT molecular complexity index is 904. The van der Waals surface area contributed by atoms with Gasteiger partial charge in [-0.15, -0.1) is 0 Å². The van der Waals surface area contributed by atoms with Crippen molar-refractivity contribution < 1.29 is 4.74 Å². The first kappa shape index (κ1) is 16.3. The van der Waals surface area contributed by atoms with E-state index in [-0.39, 0.29) is 0 Å². The van der Waals surface area contributed by atoms with Gasteiger partial charge in [0.05, 0.1) is 23.9 Å². The van der Waals surface area contributed by atoms with Crippen LogP contribution in [0.3, 0.4) is 0 Å². The van der Waals surface area contributed by atoms with Gasteiger partial charge in [0.2, 0.25) is 5.95 Å². The highest BCUT2D eigenvalue weighted by atomic mass is 16.5. The lowest BCUT2D eigenvalue weighted by molar-refractivity contribution is 0.342. The van der Waals surface area contributed by atoms with Crippen LogP contribution in [0.5, 0.6) is 5.75 Å². The van der Waals surface area contributed by atoms with Gasteiger partial charge in [-0.05, 0) is 43.3 Å². The number of anilines is 4. The summed E-state index contributed by atoms with van der Waals surface area (Å²) in [7, 11) is 0. The summed E-state index contributed by atoms with van der Waals surface area (Å²) < 4.78 is 5.61. The zero-order valence-electron chi connectivity index (χ0n) is 13.7. The van der Waals surface area contributed by atoms with E-state index in [9.17, 15) is 0 Å². The third-order valence-corrected chi connectivity index (χ3v) is 3.35. The van der Waals surface area contributed by atoms with Gasteiger partial charge in [-0.2, -0.15) is 10.2 Å². The normalized spacial score (nSPS) is 9.92. The highest BCUT2D eigenvalue weighted by Gasteiger charge is 2.05. The van der Waals surface area contributed by atoms with Crippen molar-refractivity contribution in [2.75, 3.05) is 17.2 Å². The molecule has 0 aliphatic rings. The van der Waals surface area contributed by atoms with Crippen molar-refractivity contribution >= 4 is 23.1 Å². The molecule has 0 bridgehead atoms. The van der Waals surface area contributed by atoms with Crippen LogP contribution in [0.4, 0.5) is 23.1 Å². The molecular formula is C19H17N5O. The molecule has 0 aliphatic carbocycles. The Morgan fingerprint density at radius 3 is 2.80 bits per heavy atom. The molecule has 0 amide bonds. The molecule has 3 rings (SSSR count). The zero-order valence-corrected chi connectivity index (χ0v) is 13.7. The van der Waals surface area contributed by atoms with Crippen LogP contribution in [0.1, 0.15) is 12.5 Å². The minimum absolute atomic E-state index is 0.439. The topological polar surface area (TPSA) is 82.9 Å². The summed E-state index contributed by atoms with van der Waals surface area (Å²) in [6.45, 7) is 2.53. The van der Waals surface area contributed by atoms with Crippen molar-refractivity contribution in [3.63, 3.8) is 0 Å².